The first kappa shape index (κ1) is 35.4. The topological polar surface area (TPSA) is 118 Å². The SMILES string of the molecule is CCC1CN(C2COC2)CCN1c1ccc(Nc2cc(-c3cc(F)cc(-n4ncc5cc(C(C)(C)C)cc(F)c5c4=O)c3CO)cn(C)c2=O)nc1. The van der Waals surface area contributed by atoms with Crippen molar-refractivity contribution in [3.8, 4) is 16.8 Å². The molecule has 7 rings (SSSR count). The van der Waals surface area contributed by atoms with Gasteiger partial charge in [0, 0.05) is 61.5 Å². The van der Waals surface area contributed by atoms with Gasteiger partial charge in [0.05, 0.1) is 55.0 Å². The van der Waals surface area contributed by atoms with Crippen LogP contribution in [0.15, 0.2) is 70.6 Å². The van der Waals surface area contributed by atoms with Crippen molar-refractivity contribution in [2.24, 2.45) is 7.05 Å². The molecule has 11 nitrogen and oxygen atoms in total. The van der Waals surface area contributed by atoms with Crippen LogP contribution in [-0.4, -0.2) is 74.3 Å². The molecule has 2 aromatic carbocycles. The number of aryl methyl sites for hydroxylation is 1. The maximum absolute atomic E-state index is 15.4. The molecule has 0 amide bonds. The minimum atomic E-state index is -0.792. The second kappa shape index (κ2) is 13.9. The molecule has 272 valence electrons. The molecule has 3 aromatic heterocycles. The fourth-order valence-electron chi connectivity index (χ4n) is 7.12. The molecule has 2 aliphatic heterocycles. The van der Waals surface area contributed by atoms with Gasteiger partial charge in [-0.1, -0.05) is 27.7 Å². The lowest BCUT2D eigenvalue weighted by Crippen LogP contribution is -2.60. The van der Waals surface area contributed by atoms with Gasteiger partial charge >= 0.3 is 0 Å². The molecular formula is C39H43F2N7O4. The number of rotatable bonds is 8. The van der Waals surface area contributed by atoms with Crippen molar-refractivity contribution < 1.29 is 18.6 Å². The highest BCUT2D eigenvalue weighted by Gasteiger charge is 2.33. The number of anilines is 3. The van der Waals surface area contributed by atoms with Crippen molar-refractivity contribution in [1.82, 2.24) is 24.2 Å². The predicted molar refractivity (Wildman–Crippen MR) is 198 cm³/mol. The standard InChI is InChI=1S/C39H43F2N7O4/c1-6-27-19-46(29-21-52-22-29)9-10-47(27)28-7-8-35(42-17-28)44-33-12-24(18-45(5)37(33)50)30-14-26(40)15-34(31(30)20-49)48-38(51)36-23(16-43-48)11-25(13-32(36)41)39(2,3)4/h7-8,11-18,27,29,49H,6,9-10,19-22H2,1-5H3,(H,42,44). The lowest BCUT2D eigenvalue weighted by atomic mass is 9.86. The van der Waals surface area contributed by atoms with E-state index in [0.29, 0.717) is 34.4 Å². The number of hydrogen-bond donors (Lipinski definition) is 2. The van der Waals surface area contributed by atoms with Crippen LogP contribution in [0.25, 0.3) is 27.6 Å². The minimum absolute atomic E-state index is 0.0449. The number of aromatic nitrogens is 4. The number of aliphatic hydroxyl groups excluding tert-OH is 1. The van der Waals surface area contributed by atoms with Crippen LogP contribution in [0.4, 0.5) is 26.0 Å². The summed E-state index contributed by atoms with van der Waals surface area (Å²) in [5.41, 5.74) is 1.11. The summed E-state index contributed by atoms with van der Waals surface area (Å²) in [6.45, 7) is 11.8. The van der Waals surface area contributed by atoms with Crippen LogP contribution < -0.4 is 21.3 Å². The van der Waals surface area contributed by atoms with E-state index in [2.05, 4.69) is 32.1 Å². The first-order valence-corrected chi connectivity index (χ1v) is 17.5. The van der Waals surface area contributed by atoms with Crippen molar-refractivity contribution in [2.45, 2.75) is 58.2 Å². The van der Waals surface area contributed by atoms with Crippen LogP contribution >= 0.6 is 0 Å². The molecule has 2 aliphatic rings. The predicted octanol–water partition coefficient (Wildman–Crippen LogP) is 5.26. The molecule has 1 unspecified atom stereocenters. The summed E-state index contributed by atoms with van der Waals surface area (Å²) in [5.74, 6) is -0.983. The van der Waals surface area contributed by atoms with Crippen molar-refractivity contribution in [1.29, 1.82) is 0 Å². The molecular weight excluding hydrogens is 668 g/mol. The molecule has 5 aromatic rings. The van der Waals surface area contributed by atoms with Crippen LogP contribution in [0.5, 0.6) is 0 Å². The van der Waals surface area contributed by atoms with E-state index < -0.39 is 23.8 Å². The van der Waals surface area contributed by atoms with Gasteiger partial charge in [0.15, 0.2) is 0 Å². The Morgan fingerprint density at radius 3 is 2.46 bits per heavy atom. The Labute approximate surface area is 300 Å². The first-order valence-electron chi connectivity index (χ1n) is 17.5. The van der Waals surface area contributed by atoms with E-state index in [1.54, 1.807) is 25.4 Å². The average Bonchev–Trinajstić information content (AvgIpc) is 3.09. The Hall–Kier alpha value is -4.98. The zero-order valence-corrected chi connectivity index (χ0v) is 30.0. The summed E-state index contributed by atoms with van der Waals surface area (Å²) in [4.78, 5) is 36.5. The zero-order chi connectivity index (χ0) is 36.9. The number of aliphatic hydroxyl groups is 1. The molecule has 0 aliphatic carbocycles. The van der Waals surface area contributed by atoms with E-state index in [-0.39, 0.29) is 38.9 Å². The average molecular weight is 712 g/mol. The fraction of sp³-hybridized carbons (Fsp3) is 0.385. The summed E-state index contributed by atoms with van der Waals surface area (Å²) < 4.78 is 38.5. The number of fused-ring (bicyclic) bond motifs is 1. The maximum Gasteiger partial charge on any atom is 0.282 e. The number of piperazine rings is 1. The molecule has 52 heavy (non-hydrogen) atoms. The molecule has 0 spiro atoms. The van der Waals surface area contributed by atoms with Gasteiger partial charge in [-0.2, -0.15) is 9.78 Å². The molecule has 0 saturated carbocycles. The van der Waals surface area contributed by atoms with Gasteiger partial charge in [-0.25, -0.2) is 13.8 Å². The molecule has 0 bridgehead atoms. The highest BCUT2D eigenvalue weighted by atomic mass is 19.1. The Kier molecular flexibility index (Phi) is 9.45. The van der Waals surface area contributed by atoms with E-state index in [1.807, 2.05) is 32.9 Å². The van der Waals surface area contributed by atoms with Crippen molar-refractivity contribution >= 4 is 28.0 Å². The third-order valence-electron chi connectivity index (χ3n) is 10.2. The van der Waals surface area contributed by atoms with Gasteiger partial charge in [-0.3, -0.25) is 14.5 Å². The summed E-state index contributed by atoms with van der Waals surface area (Å²) in [6, 6.07) is 11.5. The Morgan fingerprint density at radius 1 is 1.02 bits per heavy atom. The number of pyridine rings is 2. The summed E-state index contributed by atoms with van der Waals surface area (Å²) >= 11 is 0. The van der Waals surface area contributed by atoms with Crippen LogP contribution in [-0.2, 0) is 23.8 Å². The number of nitrogens with one attached hydrogen (secondary N) is 1. The third kappa shape index (κ3) is 6.59. The largest absolute Gasteiger partial charge is 0.392 e. The Balaban J connectivity index is 1.20. The highest BCUT2D eigenvalue weighted by Crippen LogP contribution is 2.32. The number of halogens is 2. The second-order valence-corrected chi connectivity index (χ2v) is 14.7. The zero-order valence-electron chi connectivity index (χ0n) is 30.0. The Morgan fingerprint density at radius 2 is 1.81 bits per heavy atom. The van der Waals surface area contributed by atoms with Crippen LogP contribution in [0.3, 0.4) is 0 Å². The number of ether oxygens (including phenoxy) is 1. The van der Waals surface area contributed by atoms with Gasteiger partial charge in [0.1, 0.15) is 23.1 Å². The van der Waals surface area contributed by atoms with Crippen molar-refractivity contribution in [3.63, 3.8) is 0 Å². The number of hydrogen-bond acceptors (Lipinski definition) is 9. The van der Waals surface area contributed by atoms with E-state index in [0.717, 1.165) is 55.7 Å². The molecule has 2 N–H and O–H groups in total. The van der Waals surface area contributed by atoms with E-state index in [9.17, 15) is 14.7 Å². The fourth-order valence-corrected chi connectivity index (χ4v) is 7.12. The molecule has 2 saturated heterocycles. The molecule has 0 radical (unpaired) electrons. The van der Waals surface area contributed by atoms with Crippen molar-refractivity contribution in [3.05, 3.63) is 105 Å². The third-order valence-corrected chi connectivity index (χ3v) is 10.2. The van der Waals surface area contributed by atoms with Crippen LogP contribution in [0, 0.1) is 11.6 Å². The molecule has 2 fully saturated rings. The summed E-state index contributed by atoms with van der Waals surface area (Å²) in [7, 11) is 1.57. The monoisotopic (exact) mass is 711 g/mol. The maximum atomic E-state index is 15.4. The van der Waals surface area contributed by atoms with Gasteiger partial charge in [-0.15, -0.1) is 0 Å². The van der Waals surface area contributed by atoms with E-state index in [1.165, 1.54) is 29.1 Å². The van der Waals surface area contributed by atoms with Crippen LogP contribution in [0.2, 0.25) is 0 Å². The van der Waals surface area contributed by atoms with E-state index in [4.69, 9.17) is 4.74 Å². The van der Waals surface area contributed by atoms with Crippen LogP contribution in [0.1, 0.15) is 45.2 Å². The van der Waals surface area contributed by atoms with Gasteiger partial charge in [0.25, 0.3) is 11.1 Å². The normalized spacial score (nSPS) is 17.1. The molecule has 5 heterocycles. The molecule has 13 heteroatoms. The van der Waals surface area contributed by atoms with Gasteiger partial charge in [-0.05, 0) is 59.4 Å². The Bertz CT molecular complexity index is 2260. The summed E-state index contributed by atoms with van der Waals surface area (Å²) in [6.07, 6.45) is 5.67. The minimum Gasteiger partial charge on any atom is -0.392 e. The van der Waals surface area contributed by atoms with Crippen molar-refractivity contribution in [2.75, 3.05) is 43.1 Å². The van der Waals surface area contributed by atoms with E-state index >= 15 is 8.78 Å². The second-order valence-electron chi connectivity index (χ2n) is 14.7. The first-order chi connectivity index (χ1) is 24.9. The van der Waals surface area contributed by atoms with Gasteiger partial charge in [0.2, 0.25) is 0 Å². The smallest absolute Gasteiger partial charge is 0.282 e. The lowest BCUT2D eigenvalue weighted by Gasteiger charge is -2.47. The summed E-state index contributed by atoms with van der Waals surface area (Å²) in [5, 5.41) is 18.1. The lowest BCUT2D eigenvalue weighted by molar-refractivity contribution is -0.0698. The number of nitrogens with zero attached hydrogens (tertiary/aromatic N) is 6. The molecule has 1 atom stereocenters. The quantitative estimate of drug-likeness (QED) is 0.223. The van der Waals surface area contributed by atoms with Gasteiger partial charge < -0.3 is 24.6 Å². The number of benzene rings is 2. The highest BCUT2D eigenvalue weighted by molar-refractivity contribution is 5.83.